The third kappa shape index (κ3) is 7.03. The number of amides is 2. The average Bonchev–Trinajstić information content (AvgIpc) is 3.09. The van der Waals surface area contributed by atoms with Gasteiger partial charge >= 0.3 is 5.97 Å². The third-order valence-electron chi connectivity index (χ3n) is 4.73. The van der Waals surface area contributed by atoms with Gasteiger partial charge in [-0.15, -0.1) is 0 Å². The van der Waals surface area contributed by atoms with Crippen LogP contribution in [0.2, 0.25) is 0 Å². The third-order valence-corrected chi connectivity index (χ3v) is 5.74. The quantitative estimate of drug-likeness (QED) is 0.460. The second-order valence-electron chi connectivity index (χ2n) is 7.04. The minimum Gasteiger partial charge on any atom is -0.466 e. The molecular weight excluding hydrogens is 416 g/mol. The maximum atomic E-state index is 12.3. The lowest BCUT2D eigenvalue weighted by Crippen LogP contribution is -2.33. The number of nitrogens with zero attached hydrogens (tertiary/aromatic N) is 1. The van der Waals surface area contributed by atoms with Crippen LogP contribution in [0.25, 0.3) is 0 Å². The van der Waals surface area contributed by atoms with Crippen molar-refractivity contribution in [1.82, 2.24) is 9.62 Å². The fourth-order valence-corrected chi connectivity index (χ4v) is 4.11. The minimum absolute atomic E-state index is 0.0560. The molecule has 0 bridgehead atoms. The number of benzene rings is 2. The van der Waals surface area contributed by atoms with Crippen LogP contribution in [0, 0.1) is 0 Å². The van der Waals surface area contributed by atoms with Crippen LogP contribution in [0.3, 0.4) is 0 Å². The van der Waals surface area contributed by atoms with Crippen molar-refractivity contribution in [3.63, 3.8) is 0 Å². The zero-order valence-corrected chi connectivity index (χ0v) is 18.2. The SMILES string of the molecule is CCOC(=O)CCNC(=O)SN1C(=O)CC[C@@H]1Cc1ccc(Oc2ccccc2)cc1. The second kappa shape index (κ2) is 11.4. The minimum atomic E-state index is -0.359. The molecule has 1 fully saturated rings. The highest BCUT2D eigenvalue weighted by molar-refractivity contribution is 8.12. The van der Waals surface area contributed by atoms with Gasteiger partial charge in [0.15, 0.2) is 0 Å². The number of hydrogen-bond acceptors (Lipinski definition) is 6. The van der Waals surface area contributed by atoms with Gasteiger partial charge in [0.25, 0.3) is 5.24 Å². The van der Waals surface area contributed by atoms with E-state index in [4.69, 9.17) is 9.47 Å². The van der Waals surface area contributed by atoms with E-state index in [0.29, 0.717) is 25.9 Å². The molecule has 0 aromatic heterocycles. The number of esters is 1. The van der Waals surface area contributed by atoms with Gasteiger partial charge in [0.1, 0.15) is 11.5 Å². The zero-order valence-electron chi connectivity index (χ0n) is 17.4. The molecule has 3 rings (SSSR count). The molecule has 31 heavy (non-hydrogen) atoms. The Morgan fingerprint density at radius 3 is 2.52 bits per heavy atom. The van der Waals surface area contributed by atoms with Crippen molar-refractivity contribution < 1.29 is 23.9 Å². The van der Waals surface area contributed by atoms with Crippen LogP contribution < -0.4 is 10.1 Å². The molecule has 8 heteroatoms. The Bertz CT molecular complexity index is 889. The maximum Gasteiger partial charge on any atom is 0.307 e. The lowest BCUT2D eigenvalue weighted by atomic mass is 10.0. The number of para-hydroxylation sites is 1. The van der Waals surface area contributed by atoms with E-state index in [9.17, 15) is 14.4 Å². The molecule has 1 atom stereocenters. The van der Waals surface area contributed by atoms with Gasteiger partial charge in [0.05, 0.1) is 25.0 Å². The summed E-state index contributed by atoms with van der Waals surface area (Å²) in [5, 5.41) is 2.30. The van der Waals surface area contributed by atoms with Gasteiger partial charge in [0, 0.05) is 19.0 Å². The van der Waals surface area contributed by atoms with Gasteiger partial charge in [-0.2, -0.15) is 0 Å². The molecule has 1 aliphatic rings. The number of rotatable bonds is 9. The van der Waals surface area contributed by atoms with Crippen molar-refractivity contribution in [2.75, 3.05) is 13.2 Å². The summed E-state index contributed by atoms with van der Waals surface area (Å²) in [6.45, 7) is 2.22. The van der Waals surface area contributed by atoms with Crippen molar-refractivity contribution >= 4 is 29.1 Å². The van der Waals surface area contributed by atoms with E-state index in [0.717, 1.165) is 29.0 Å². The van der Waals surface area contributed by atoms with Crippen molar-refractivity contribution in [2.45, 2.75) is 38.6 Å². The van der Waals surface area contributed by atoms with E-state index >= 15 is 0 Å². The van der Waals surface area contributed by atoms with Crippen LogP contribution >= 0.6 is 11.9 Å². The van der Waals surface area contributed by atoms with Gasteiger partial charge in [-0.05, 0) is 49.6 Å². The lowest BCUT2D eigenvalue weighted by Gasteiger charge is -2.22. The molecule has 2 amide bonds. The fraction of sp³-hybridized carbons (Fsp3) is 0.348. The molecule has 1 aliphatic heterocycles. The Hall–Kier alpha value is -3.00. The molecule has 0 aliphatic carbocycles. The van der Waals surface area contributed by atoms with Crippen molar-refractivity contribution in [3.05, 3.63) is 60.2 Å². The lowest BCUT2D eigenvalue weighted by molar-refractivity contribution is -0.142. The summed E-state index contributed by atoms with van der Waals surface area (Å²) >= 11 is 0.870. The largest absolute Gasteiger partial charge is 0.466 e. The summed E-state index contributed by atoms with van der Waals surface area (Å²) in [6, 6.07) is 17.2. The molecule has 1 heterocycles. The van der Waals surface area contributed by atoms with Crippen LogP contribution in [-0.2, 0) is 20.7 Å². The van der Waals surface area contributed by atoms with Crippen molar-refractivity contribution in [3.8, 4) is 11.5 Å². The zero-order chi connectivity index (χ0) is 22.1. The molecule has 0 spiro atoms. The summed E-state index contributed by atoms with van der Waals surface area (Å²) in [7, 11) is 0. The summed E-state index contributed by atoms with van der Waals surface area (Å²) in [5.74, 6) is 1.10. The number of carbonyl (C=O) groups is 3. The summed E-state index contributed by atoms with van der Waals surface area (Å²) in [5.41, 5.74) is 1.06. The van der Waals surface area contributed by atoms with Crippen LogP contribution in [0.4, 0.5) is 4.79 Å². The first-order valence-corrected chi connectivity index (χ1v) is 11.1. The fourth-order valence-electron chi connectivity index (χ4n) is 3.24. The van der Waals surface area contributed by atoms with E-state index in [-0.39, 0.29) is 36.1 Å². The van der Waals surface area contributed by atoms with Crippen molar-refractivity contribution in [2.24, 2.45) is 0 Å². The van der Waals surface area contributed by atoms with E-state index in [1.165, 1.54) is 0 Å². The Balaban J connectivity index is 1.50. The molecule has 0 radical (unpaired) electrons. The molecule has 7 nitrogen and oxygen atoms in total. The van der Waals surface area contributed by atoms with E-state index in [2.05, 4.69) is 5.32 Å². The summed E-state index contributed by atoms with van der Waals surface area (Å²) in [6.07, 6.45) is 1.88. The first-order chi connectivity index (χ1) is 15.0. The molecule has 2 aromatic carbocycles. The van der Waals surface area contributed by atoms with Crippen LogP contribution in [-0.4, -0.2) is 40.6 Å². The number of carbonyl (C=O) groups excluding carboxylic acids is 3. The second-order valence-corrected chi connectivity index (χ2v) is 7.98. The Kier molecular flexibility index (Phi) is 8.35. The Morgan fingerprint density at radius 2 is 1.81 bits per heavy atom. The molecule has 1 saturated heterocycles. The highest BCUT2D eigenvalue weighted by Crippen LogP contribution is 2.30. The normalized spacial score (nSPS) is 15.6. The predicted molar refractivity (Wildman–Crippen MR) is 119 cm³/mol. The Morgan fingerprint density at radius 1 is 1.10 bits per heavy atom. The summed E-state index contributed by atoms with van der Waals surface area (Å²) in [4.78, 5) is 35.8. The topological polar surface area (TPSA) is 84.9 Å². The molecule has 2 aromatic rings. The molecule has 1 N–H and O–H groups in total. The van der Waals surface area contributed by atoms with Crippen molar-refractivity contribution in [1.29, 1.82) is 0 Å². The van der Waals surface area contributed by atoms with Crippen LogP contribution in [0.15, 0.2) is 54.6 Å². The summed E-state index contributed by atoms with van der Waals surface area (Å²) < 4.78 is 12.2. The average molecular weight is 443 g/mol. The van der Waals surface area contributed by atoms with Crippen LogP contribution in [0.1, 0.15) is 31.7 Å². The van der Waals surface area contributed by atoms with E-state index in [1.807, 2.05) is 54.6 Å². The van der Waals surface area contributed by atoms with Gasteiger partial charge in [0.2, 0.25) is 5.91 Å². The monoisotopic (exact) mass is 442 g/mol. The smallest absolute Gasteiger partial charge is 0.307 e. The van der Waals surface area contributed by atoms with Crippen LogP contribution in [0.5, 0.6) is 11.5 Å². The number of hydrogen-bond donors (Lipinski definition) is 1. The van der Waals surface area contributed by atoms with Gasteiger partial charge in [-0.3, -0.25) is 18.7 Å². The first-order valence-electron chi connectivity index (χ1n) is 10.3. The highest BCUT2D eigenvalue weighted by atomic mass is 32.2. The number of nitrogens with one attached hydrogen (secondary N) is 1. The molecule has 164 valence electrons. The molecule has 0 saturated carbocycles. The standard InChI is InChI=1S/C23H26N2O5S/c1-2-29-22(27)14-15-24-23(28)31-25-18(10-13-21(25)26)16-17-8-11-20(12-9-17)30-19-6-4-3-5-7-19/h3-9,11-12,18H,2,10,13-16H2,1H3,(H,24,28)/t18-/m1/s1. The first kappa shape index (κ1) is 22.7. The maximum absolute atomic E-state index is 12.3. The predicted octanol–water partition coefficient (Wildman–Crippen LogP) is 4.32. The van der Waals surface area contributed by atoms with Gasteiger partial charge < -0.3 is 14.8 Å². The van der Waals surface area contributed by atoms with Gasteiger partial charge in [-0.25, -0.2) is 0 Å². The number of ether oxygens (including phenoxy) is 2. The highest BCUT2D eigenvalue weighted by Gasteiger charge is 2.33. The van der Waals surface area contributed by atoms with E-state index in [1.54, 1.807) is 11.2 Å². The van der Waals surface area contributed by atoms with Gasteiger partial charge in [-0.1, -0.05) is 30.3 Å². The molecule has 0 unspecified atom stereocenters. The molecular formula is C23H26N2O5S. The van der Waals surface area contributed by atoms with E-state index < -0.39 is 0 Å². The Labute approximate surface area is 186 Å².